The molecule has 7 heteroatoms. The molecule has 100 valence electrons. The molecule has 0 bridgehead atoms. The summed E-state index contributed by atoms with van der Waals surface area (Å²) >= 11 is 0. The van der Waals surface area contributed by atoms with Crippen LogP contribution in [0.25, 0.3) is 11.6 Å². The number of nitrogen functional groups attached to an aromatic ring is 1. The highest BCUT2D eigenvalue weighted by atomic mass is 16.6. The first-order chi connectivity index (χ1) is 9.79. The Balaban J connectivity index is 1.74. The summed E-state index contributed by atoms with van der Waals surface area (Å²) in [5.74, 6) is 1.03. The largest absolute Gasteiger partial charge is 0.379 e. The minimum Gasteiger partial charge on any atom is -0.379 e. The maximum absolute atomic E-state index is 5.62. The number of aromatic nitrogens is 4. The van der Waals surface area contributed by atoms with Gasteiger partial charge in [0.05, 0.1) is 5.41 Å². The van der Waals surface area contributed by atoms with Gasteiger partial charge < -0.3 is 10.3 Å². The average molecular weight is 269 g/mol. The van der Waals surface area contributed by atoms with Crippen molar-refractivity contribution in [1.82, 2.24) is 20.5 Å². The van der Waals surface area contributed by atoms with Crippen molar-refractivity contribution in [2.45, 2.75) is 18.3 Å². The first-order valence-corrected chi connectivity index (χ1v) is 6.28. The average Bonchev–Trinajstić information content (AvgIpc) is 2.94. The van der Waals surface area contributed by atoms with Crippen LogP contribution in [0.15, 0.2) is 39.5 Å². The first kappa shape index (κ1) is 11.2. The van der Waals surface area contributed by atoms with Crippen LogP contribution in [0.1, 0.15) is 24.2 Å². The van der Waals surface area contributed by atoms with Crippen LogP contribution in [0.2, 0.25) is 0 Å². The molecule has 0 radical (unpaired) electrons. The molecule has 3 aromatic rings. The summed E-state index contributed by atoms with van der Waals surface area (Å²) < 4.78 is 9.78. The van der Waals surface area contributed by atoms with Crippen molar-refractivity contribution in [3.63, 3.8) is 0 Å². The molecule has 4 rings (SSSR count). The fraction of sp³-hybridized carbons (Fsp3) is 0.231. The normalized spacial score (nSPS) is 16.2. The first-order valence-electron chi connectivity index (χ1n) is 6.28. The van der Waals surface area contributed by atoms with Crippen molar-refractivity contribution in [3.8, 4) is 11.6 Å². The molecular weight excluding hydrogens is 258 g/mol. The Bertz CT molecular complexity index is 745. The van der Waals surface area contributed by atoms with Gasteiger partial charge in [-0.2, -0.15) is 4.98 Å². The molecule has 1 saturated carbocycles. The van der Waals surface area contributed by atoms with E-state index in [4.69, 9.17) is 10.3 Å². The summed E-state index contributed by atoms with van der Waals surface area (Å²) in [6.45, 7) is 0. The number of benzene rings is 1. The zero-order valence-electron chi connectivity index (χ0n) is 10.5. The Morgan fingerprint density at radius 2 is 1.85 bits per heavy atom. The van der Waals surface area contributed by atoms with E-state index in [0.717, 1.165) is 12.8 Å². The molecule has 0 amide bonds. The van der Waals surface area contributed by atoms with E-state index in [0.29, 0.717) is 5.82 Å². The third-order valence-electron chi connectivity index (χ3n) is 3.65. The van der Waals surface area contributed by atoms with Crippen molar-refractivity contribution >= 4 is 5.82 Å². The molecule has 0 saturated heterocycles. The smallest absolute Gasteiger partial charge is 0.284 e. The van der Waals surface area contributed by atoms with Crippen molar-refractivity contribution in [2.24, 2.45) is 0 Å². The van der Waals surface area contributed by atoms with E-state index < -0.39 is 0 Å². The second kappa shape index (κ2) is 3.89. The van der Waals surface area contributed by atoms with E-state index in [-0.39, 0.29) is 22.8 Å². The number of hydrogen-bond donors (Lipinski definition) is 1. The highest BCUT2D eigenvalue weighted by Gasteiger charge is 2.50. The SMILES string of the molecule is Nc1nonc1-c1nc(C2(c3ccccc3)CC2)no1. The van der Waals surface area contributed by atoms with Gasteiger partial charge in [0.25, 0.3) is 5.89 Å². The van der Waals surface area contributed by atoms with Crippen molar-refractivity contribution in [3.05, 3.63) is 41.7 Å². The Morgan fingerprint density at radius 1 is 1.05 bits per heavy atom. The number of nitrogens with two attached hydrogens (primary N) is 1. The molecule has 0 aliphatic heterocycles. The molecule has 0 unspecified atom stereocenters. The summed E-state index contributed by atoms with van der Waals surface area (Å²) in [6.07, 6.45) is 2.01. The van der Waals surface area contributed by atoms with E-state index in [1.165, 1.54) is 5.56 Å². The minimum atomic E-state index is -0.144. The Kier molecular flexibility index (Phi) is 2.17. The molecule has 2 N–H and O–H groups in total. The lowest BCUT2D eigenvalue weighted by atomic mass is 9.95. The van der Waals surface area contributed by atoms with Crippen LogP contribution in [-0.2, 0) is 5.41 Å². The summed E-state index contributed by atoms with van der Waals surface area (Å²) in [5, 5.41) is 11.2. The van der Waals surface area contributed by atoms with Gasteiger partial charge >= 0.3 is 0 Å². The summed E-state index contributed by atoms with van der Waals surface area (Å²) in [5.41, 5.74) is 6.96. The van der Waals surface area contributed by atoms with Gasteiger partial charge in [0.15, 0.2) is 5.82 Å². The van der Waals surface area contributed by atoms with Crippen LogP contribution < -0.4 is 5.73 Å². The molecule has 1 fully saturated rings. The third-order valence-corrected chi connectivity index (χ3v) is 3.65. The van der Waals surface area contributed by atoms with Crippen molar-refractivity contribution in [1.29, 1.82) is 0 Å². The quantitative estimate of drug-likeness (QED) is 0.772. The van der Waals surface area contributed by atoms with Gasteiger partial charge in [-0.15, -0.1) is 0 Å². The number of anilines is 1. The summed E-state index contributed by atoms with van der Waals surface area (Å²) in [4.78, 5) is 4.40. The van der Waals surface area contributed by atoms with Crippen molar-refractivity contribution < 1.29 is 9.15 Å². The molecule has 2 aromatic heterocycles. The lowest BCUT2D eigenvalue weighted by Crippen LogP contribution is -2.10. The molecule has 20 heavy (non-hydrogen) atoms. The fourth-order valence-corrected chi connectivity index (χ4v) is 2.38. The van der Waals surface area contributed by atoms with E-state index in [2.05, 4.69) is 37.2 Å². The van der Waals surface area contributed by atoms with Crippen molar-refractivity contribution in [2.75, 3.05) is 5.73 Å². The molecule has 2 heterocycles. The topological polar surface area (TPSA) is 104 Å². The third kappa shape index (κ3) is 1.52. The van der Waals surface area contributed by atoms with Crippen LogP contribution >= 0.6 is 0 Å². The maximum Gasteiger partial charge on any atom is 0.284 e. The molecule has 1 aliphatic carbocycles. The van der Waals surface area contributed by atoms with E-state index >= 15 is 0 Å². The Hall–Kier alpha value is -2.70. The monoisotopic (exact) mass is 269 g/mol. The Morgan fingerprint density at radius 3 is 2.50 bits per heavy atom. The Labute approximate surface area is 113 Å². The highest BCUT2D eigenvalue weighted by Crippen LogP contribution is 2.52. The van der Waals surface area contributed by atoms with Gasteiger partial charge in [-0.3, -0.25) is 0 Å². The standard InChI is InChI=1S/C13H11N5O2/c14-10-9(16-20-17-10)11-15-12(18-19-11)13(6-7-13)8-4-2-1-3-5-8/h1-5H,6-7H2,(H2,14,17). The number of rotatable bonds is 3. The van der Waals surface area contributed by atoms with Crippen LogP contribution in [-0.4, -0.2) is 20.5 Å². The van der Waals surface area contributed by atoms with Gasteiger partial charge in [-0.05, 0) is 28.7 Å². The minimum absolute atomic E-state index is 0.143. The van der Waals surface area contributed by atoms with Crippen LogP contribution in [0.5, 0.6) is 0 Å². The molecule has 0 spiro atoms. The number of nitrogens with zero attached hydrogens (tertiary/aromatic N) is 4. The molecule has 1 aromatic carbocycles. The van der Waals surface area contributed by atoms with Gasteiger partial charge in [-0.25, -0.2) is 4.63 Å². The van der Waals surface area contributed by atoms with Gasteiger partial charge in [0.1, 0.15) is 0 Å². The second-order valence-electron chi connectivity index (χ2n) is 4.87. The van der Waals surface area contributed by atoms with E-state index in [1.54, 1.807) is 0 Å². The highest BCUT2D eigenvalue weighted by molar-refractivity contribution is 5.60. The predicted molar refractivity (Wildman–Crippen MR) is 68.5 cm³/mol. The molecule has 7 nitrogen and oxygen atoms in total. The van der Waals surface area contributed by atoms with E-state index in [1.807, 2.05) is 18.2 Å². The lowest BCUT2D eigenvalue weighted by Gasteiger charge is -2.09. The van der Waals surface area contributed by atoms with Crippen LogP contribution in [0.3, 0.4) is 0 Å². The molecule has 1 aliphatic rings. The predicted octanol–water partition coefficient (Wildman–Crippen LogP) is 1.78. The van der Waals surface area contributed by atoms with Gasteiger partial charge in [-0.1, -0.05) is 35.5 Å². The summed E-state index contributed by atoms with van der Waals surface area (Å²) in [7, 11) is 0. The zero-order chi connectivity index (χ0) is 13.6. The second-order valence-corrected chi connectivity index (χ2v) is 4.87. The van der Waals surface area contributed by atoms with Gasteiger partial charge in [0, 0.05) is 0 Å². The molecular formula is C13H11N5O2. The maximum atomic E-state index is 5.62. The van der Waals surface area contributed by atoms with Crippen LogP contribution in [0, 0.1) is 0 Å². The number of hydrogen-bond acceptors (Lipinski definition) is 7. The zero-order valence-corrected chi connectivity index (χ0v) is 10.5. The molecule has 0 atom stereocenters. The summed E-state index contributed by atoms with van der Waals surface area (Å²) in [6, 6.07) is 10.2. The van der Waals surface area contributed by atoms with Gasteiger partial charge in [0.2, 0.25) is 11.5 Å². The lowest BCUT2D eigenvalue weighted by molar-refractivity contribution is 0.308. The van der Waals surface area contributed by atoms with Crippen LogP contribution in [0.4, 0.5) is 5.82 Å². The fourth-order valence-electron chi connectivity index (χ4n) is 2.38. The van der Waals surface area contributed by atoms with E-state index in [9.17, 15) is 0 Å².